The molecule has 0 heterocycles. The molecule has 72 valence electrons. The molecule has 1 aliphatic carbocycles. The zero-order valence-electron chi connectivity index (χ0n) is 8.08. The van der Waals surface area contributed by atoms with Gasteiger partial charge in [-0.05, 0) is 39.8 Å². The van der Waals surface area contributed by atoms with Gasteiger partial charge in [0.25, 0.3) is 0 Å². The van der Waals surface area contributed by atoms with Gasteiger partial charge >= 0.3 is 0 Å². The third-order valence-corrected chi connectivity index (χ3v) is 2.57. The smallest absolute Gasteiger partial charge is 0.0775 e. The maximum Gasteiger partial charge on any atom is 0.0775 e. The van der Waals surface area contributed by atoms with Crippen molar-refractivity contribution in [2.24, 2.45) is 5.73 Å². The van der Waals surface area contributed by atoms with Crippen molar-refractivity contribution < 1.29 is 5.11 Å². The summed E-state index contributed by atoms with van der Waals surface area (Å²) in [4.78, 5) is 2.04. The van der Waals surface area contributed by atoms with E-state index < -0.39 is 5.60 Å². The van der Waals surface area contributed by atoms with Crippen LogP contribution in [0.2, 0.25) is 0 Å². The highest BCUT2D eigenvalue weighted by Gasteiger charge is 2.32. The highest BCUT2D eigenvalue weighted by Crippen LogP contribution is 2.27. The summed E-state index contributed by atoms with van der Waals surface area (Å²) in [7, 11) is 3.99. The molecule has 3 nitrogen and oxygen atoms in total. The van der Waals surface area contributed by atoms with E-state index in [-0.39, 0.29) is 0 Å². The molecule has 0 unspecified atom stereocenters. The minimum absolute atomic E-state index is 0.312. The number of hydrogen-bond donors (Lipinski definition) is 2. The van der Waals surface area contributed by atoms with Crippen LogP contribution >= 0.6 is 0 Å². The molecule has 0 amide bonds. The van der Waals surface area contributed by atoms with E-state index >= 15 is 0 Å². The molecule has 1 aliphatic rings. The van der Waals surface area contributed by atoms with Gasteiger partial charge in [0, 0.05) is 12.6 Å². The molecule has 1 fully saturated rings. The van der Waals surface area contributed by atoms with E-state index in [1.165, 1.54) is 0 Å². The molecule has 0 saturated heterocycles. The van der Waals surface area contributed by atoms with Crippen LogP contribution in [0.3, 0.4) is 0 Å². The second-order valence-electron chi connectivity index (χ2n) is 4.30. The fourth-order valence-corrected chi connectivity index (χ4v) is 1.92. The van der Waals surface area contributed by atoms with E-state index in [1.807, 2.05) is 19.0 Å². The monoisotopic (exact) mass is 172 g/mol. The number of aliphatic hydroxyl groups is 1. The van der Waals surface area contributed by atoms with E-state index in [0.717, 1.165) is 32.2 Å². The number of nitrogens with zero attached hydrogens (tertiary/aromatic N) is 1. The van der Waals surface area contributed by atoms with Gasteiger partial charge in [-0.2, -0.15) is 0 Å². The first-order valence-corrected chi connectivity index (χ1v) is 4.64. The van der Waals surface area contributed by atoms with Crippen molar-refractivity contribution in [3.63, 3.8) is 0 Å². The minimum atomic E-state index is -0.473. The lowest BCUT2D eigenvalue weighted by molar-refractivity contribution is -0.0197. The van der Waals surface area contributed by atoms with Crippen molar-refractivity contribution in [2.75, 3.05) is 20.6 Å². The Morgan fingerprint density at radius 1 is 1.42 bits per heavy atom. The van der Waals surface area contributed by atoms with Crippen molar-refractivity contribution in [3.8, 4) is 0 Å². The number of nitrogens with two attached hydrogens (primary N) is 1. The fraction of sp³-hybridized carbons (Fsp3) is 1.00. The predicted molar refractivity (Wildman–Crippen MR) is 49.9 cm³/mol. The summed E-state index contributed by atoms with van der Waals surface area (Å²) in [5.41, 5.74) is 5.29. The van der Waals surface area contributed by atoms with Crippen LogP contribution in [0.5, 0.6) is 0 Å². The highest BCUT2D eigenvalue weighted by atomic mass is 16.3. The summed E-state index contributed by atoms with van der Waals surface area (Å²) in [5, 5.41) is 10.1. The van der Waals surface area contributed by atoms with Gasteiger partial charge in [-0.3, -0.25) is 0 Å². The Hall–Kier alpha value is -0.120. The Balaban J connectivity index is 2.39. The van der Waals surface area contributed by atoms with Crippen LogP contribution in [0.1, 0.15) is 25.7 Å². The van der Waals surface area contributed by atoms with Gasteiger partial charge in [-0.15, -0.1) is 0 Å². The van der Waals surface area contributed by atoms with Crippen LogP contribution in [0.15, 0.2) is 0 Å². The molecule has 3 N–H and O–H groups in total. The molecule has 0 aliphatic heterocycles. The first kappa shape index (κ1) is 9.96. The summed E-state index contributed by atoms with van der Waals surface area (Å²) in [6.07, 6.45) is 3.63. The lowest BCUT2D eigenvalue weighted by atomic mass is 9.82. The molecule has 1 rings (SSSR count). The molecule has 1 saturated carbocycles. The SMILES string of the molecule is CN(C)C[C@]1(O)CC[C@H](N)CC1. The van der Waals surface area contributed by atoms with Gasteiger partial charge in [0.1, 0.15) is 0 Å². The Labute approximate surface area is 74.5 Å². The first-order valence-electron chi connectivity index (χ1n) is 4.64. The third-order valence-electron chi connectivity index (χ3n) is 2.57. The fourth-order valence-electron chi connectivity index (χ4n) is 1.92. The van der Waals surface area contributed by atoms with Gasteiger partial charge in [-0.25, -0.2) is 0 Å². The molecule has 0 bridgehead atoms. The number of likely N-dealkylation sites (N-methyl/N-ethyl adjacent to an activating group) is 1. The van der Waals surface area contributed by atoms with Gasteiger partial charge in [-0.1, -0.05) is 0 Å². The predicted octanol–water partition coefficient (Wildman–Crippen LogP) is 0.180. The van der Waals surface area contributed by atoms with Crippen LogP contribution in [0.4, 0.5) is 0 Å². The Bertz CT molecular complexity index is 139. The van der Waals surface area contributed by atoms with E-state index in [2.05, 4.69) is 0 Å². The van der Waals surface area contributed by atoms with E-state index in [9.17, 15) is 5.11 Å². The van der Waals surface area contributed by atoms with Crippen molar-refractivity contribution in [1.29, 1.82) is 0 Å². The Morgan fingerprint density at radius 2 is 1.92 bits per heavy atom. The zero-order chi connectivity index (χ0) is 9.19. The summed E-state index contributed by atoms with van der Waals surface area (Å²) in [5.74, 6) is 0. The minimum Gasteiger partial charge on any atom is -0.389 e. The molecule has 0 atom stereocenters. The largest absolute Gasteiger partial charge is 0.389 e. The average Bonchev–Trinajstić information content (AvgIpc) is 1.94. The van der Waals surface area contributed by atoms with Crippen LogP contribution in [0, 0.1) is 0 Å². The lowest BCUT2D eigenvalue weighted by Crippen LogP contribution is -2.45. The quantitative estimate of drug-likeness (QED) is 0.625. The maximum atomic E-state index is 10.1. The zero-order valence-corrected chi connectivity index (χ0v) is 8.08. The molecule has 0 radical (unpaired) electrons. The van der Waals surface area contributed by atoms with Crippen molar-refractivity contribution >= 4 is 0 Å². The summed E-state index contributed by atoms with van der Waals surface area (Å²) < 4.78 is 0. The molecule has 0 aromatic rings. The molecule has 0 spiro atoms. The topological polar surface area (TPSA) is 49.5 Å². The van der Waals surface area contributed by atoms with Gasteiger partial charge in [0.15, 0.2) is 0 Å². The van der Waals surface area contributed by atoms with E-state index in [4.69, 9.17) is 5.73 Å². The van der Waals surface area contributed by atoms with E-state index in [0.29, 0.717) is 6.04 Å². The summed E-state index contributed by atoms with van der Waals surface area (Å²) in [6.45, 7) is 0.764. The van der Waals surface area contributed by atoms with Crippen LogP contribution < -0.4 is 5.73 Å². The van der Waals surface area contributed by atoms with Crippen LogP contribution in [-0.2, 0) is 0 Å². The lowest BCUT2D eigenvalue weighted by Gasteiger charge is -2.36. The van der Waals surface area contributed by atoms with Gasteiger partial charge < -0.3 is 15.7 Å². The van der Waals surface area contributed by atoms with Gasteiger partial charge in [0.2, 0.25) is 0 Å². The van der Waals surface area contributed by atoms with Crippen molar-refractivity contribution in [3.05, 3.63) is 0 Å². The molecule has 0 aromatic carbocycles. The third kappa shape index (κ3) is 2.73. The number of rotatable bonds is 2. The molecule has 0 aromatic heterocycles. The van der Waals surface area contributed by atoms with E-state index in [1.54, 1.807) is 0 Å². The van der Waals surface area contributed by atoms with Crippen LogP contribution in [-0.4, -0.2) is 42.3 Å². The summed E-state index contributed by atoms with van der Waals surface area (Å²) in [6, 6.07) is 0.312. The highest BCUT2D eigenvalue weighted by molar-refractivity contribution is 4.88. The Kier molecular flexibility index (Phi) is 3.09. The normalized spacial score (nSPS) is 37.2. The van der Waals surface area contributed by atoms with Crippen molar-refractivity contribution in [2.45, 2.75) is 37.3 Å². The molecular formula is C9H20N2O. The molecule has 12 heavy (non-hydrogen) atoms. The average molecular weight is 172 g/mol. The Morgan fingerprint density at radius 3 is 2.33 bits per heavy atom. The second-order valence-corrected chi connectivity index (χ2v) is 4.30. The summed E-state index contributed by atoms with van der Waals surface area (Å²) >= 11 is 0. The first-order chi connectivity index (χ1) is 5.52. The van der Waals surface area contributed by atoms with Gasteiger partial charge in [0.05, 0.1) is 5.60 Å². The second kappa shape index (κ2) is 3.73. The molecule has 3 heteroatoms. The van der Waals surface area contributed by atoms with Crippen molar-refractivity contribution in [1.82, 2.24) is 4.90 Å². The standard InChI is InChI=1S/C9H20N2O/c1-11(2)7-9(12)5-3-8(10)4-6-9/h8,12H,3-7,10H2,1-2H3/t8-,9-. The maximum absolute atomic E-state index is 10.1. The van der Waals surface area contributed by atoms with Crippen LogP contribution in [0.25, 0.3) is 0 Å². The number of hydrogen-bond acceptors (Lipinski definition) is 3. The molecular weight excluding hydrogens is 152 g/mol.